The summed E-state index contributed by atoms with van der Waals surface area (Å²) in [6.45, 7) is 3.62. The molecule has 1 aromatic carbocycles. The fourth-order valence-corrected chi connectivity index (χ4v) is 2.33. The molecule has 1 atom stereocenters. The minimum absolute atomic E-state index is 0.123. The van der Waals surface area contributed by atoms with E-state index < -0.39 is 18.0 Å². The lowest BCUT2D eigenvalue weighted by Crippen LogP contribution is -2.52. The van der Waals surface area contributed by atoms with Crippen LogP contribution in [0.25, 0.3) is 0 Å². The molecule has 0 saturated heterocycles. The predicted molar refractivity (Wildman–Crippen MR) is 81.8 cm³/mol. The Kier molecular flexibility index (Phi) is 4.65. The number of nitrogens with one attached hydrogen (secondary N) is 2. The number of amides is 3. The van der Waals surface area contributed by atoms with Crippen molar-refractivity contribution in [1.29, 1.82) is 0 Å². The molecule has 0 radical (unpaired) electrons. The van der Waals surface area contributed by atoms with Crippen molar-refractivity contribution in [2.75, 3.05) is 16.8 Å². The third kappa shape index (κ3) is 3.55. The van der Waals surface area contributed by atoms with E-state index in [9.17, 15) is 19.5 Å². The van der Waals surface area contributed by atoms with E-state index in [2.05, 4.69) is 10.6 Å². The molecule has 1 aromatic rings. The number of anilines is 2. The van der Waals surface area contributed by atoms with Gasteiger partial charge in [-0.2, -0.15) is 0 Å². The maximum atomic E-state index is 12.4. The number of aliphatic carboxylic acids is 1. The molecule has 1 unspecified atom stereocenters. The fourth-order valence-electron chi connectivity index (χ4n) is 2.33. The number of carboxylic acids is 1. The molecule has 1 heterocycles. The van der Waals surface area contributed by atoms with E-state index in [0.717, 1.165) is 0 Å². The zero-order chi connectivity index (χ0) is 16.3. The Hall–Kier alpha value is -2.57. The summed E-state index contributed by atoms with van der Waals surface area (Å²) in [5.41, 5.74) is 1.08. The van der Waals surface area contributed by atoms with Gasteiger partial charge in [-0.1, -0.05) is 26.0 Å². The SMILES string of the molecule is CC(C)CC(NC(=O)N1CC(=O)Nc2ccccc21)C(=O)O. The highest BCUT2D eigenvalue weighted by Crippen LogP contribution is 2.28. The Morgan fingerprint density at radius 3 is 2.68 bits per heavy atom. The topological polar surface area (TPSA) is 98.7 Å². The molecule has 7 nitrogen and oxygen atoms in total. The Balaban J connectivity index is 2.18. The monoisotopic (exact) mass is 305 g/mol. The van der Waals surface area contributed by atoms with E-state index in [1.165, 1.54) is 4.90 Å². The Morgan fingerprint density at radius 1 is 1.36 bits per heavy atom. The van der Waals surface area contributed by atoms with Crippen molar-refractivity contribution >= 4 is 29.3 Å². The van der Waals surface area contributed by atoms with E-state index in [0.29, 0.717) is 17.8 Å². The molecule has 3 N–H and O–H groups in total. The molecule has 22 heavy (non-hydrogen) atoms. The Bertz CT molecular complexity index is 600. The van der Waals surface area contributed by atoms with Gasteiger partial charge in [-0.25, -0.2) is 9.59 Å². The number of carbonyl (C=O) groups is 3. The molecule has 0 fully saturated rings. The first-order valence-corrected chi connectivity index (χ1v) is 7.08. The molecule has 1 aliphatic heterocycles. The van der Waals surface area contributed by atoms with E-state index >= 15 is 0 Å². The molecule has 0 spiro atoms. The minimum atomic E-state index is -1.09. The Labute approximate surface area is 128 Å². The summed E-state index contributed by atoms with van der Waals surface area (Å²) in [7, 11) is 0. The standard InChI is InChI=1S/C15H19N3O4/c1-9(2)7-11(14(20)21)17-15(22)18-8-13(19)16-10-5-3-4-6-12(10)18/h3-6,9,11H,7-8H2,1-2H3,(H,16,19)(H,17,22)(H,20,21). The number of carbonyl (C=O) groups excluding carboxylic acids is 2. The lowest BCUT2D eigenvalue weighted by atomic mass is 10.0. The normalized spacial score (nSPS) is 15.0. The summed E-state index contributed by atoms with van der Waals surface area (Å²) in [4.78, 5) is 36.6. The summed E-state index contributed by atoms with van der Waals surface area (Å²) < 4.78 is 0. The number of hydrogen-bond donors (Lipinski definition) is 3. The van der Waals surface area contributed by atoms with Crippen LogP contribution in [0.1, 0.15) is 20.3 Å². The molecular weight excluding hydrogens is 286 g/mol. The smallest absolute Gasteiger partial charge is 0.326 e. The maximum Gasteiger partial charge on any atom is 0.326 e. The lowest BCUT2D eigenvalue weighted by Gasteiger charge is -2.30. The molecule has 0 saturated carbocycles. The number of fused-ring (bicyclic) bond motifs is 1. The number of nitrogens with zero attached hydrogens (tertiary/aromatic N) is 1. The van der Waals surface area contributed by atoms with Gasteiger partial charge in [-0.05, 0) is 24.5 Å². The summed E-state index contributed by atoms with van der Waals surface area (Å²) in [6.07, 6.45) is 0.322. The zero-order valence-electron chi connectivity index (χ0n) is 12.5. The van der Waals surface area contributed by atoms with Gasteiger partial charge in [0.1, 0.15) is 12.6 Å². The van der Waals surface area contributed by atoms with Crippen molar-refractivity contribution in [1.82, 2.24) is 5.32 Å². The predicted octanol–water partition coefficient (Wildman–Crippen LogP) is 1.65. The van der Waals surface area contributed by atoms with Crippen LogP contribution < -0.4 is 15.5 Å². The highest BCUT2D eigenvalue weighted by molar-refractivity contribution is 6.09. The summed E-state index contributed by atoms with van der Waals surface area (Å²) in [5.74, 6) is -1.28. The van der Waals surface area contributed by atoms with E-state index in [1.807, 2.05) is 13.8 Å². The summed E-state index contributed by atoms with van der Waals surface area (Å²) >= 11 is 0. The van der Waals surface area contributed by atoms with Crippen LogP contribution in [0.15, 0.2) is 24.3 Å². The average Bonchev–Trinajstić information content (AvgIpc) is 2.44. The van der Waals surface area contributed by atoms with Gasteiger partial charge in [0.2, 0.25) is 5.91 Å². The molecule has 2 rings (SSSR count). The van der Waals surface area contributed by atoms with Gasteiger partial charge in [0.25, 0.3) is 0 Å². The van der Waals surface area contributed by atoms with Gasteiger partial charge >= 0.3 is 12.0 Å². The first kappa shape index (κ1) is 15.8. The number of para-hydroxylation sites is 2. The second-order valence-electron chi connectivity index (χ2n) is 5.62. The Morgan fingerprint density at radius 2 is 2.05 bits per heavy atom. The van der Waals surface area contributed by atoms with Crippen molar-refractivity contribution in [3.05, 3.63) is 24.3 Å². The second-order valence-corrected chi connectivity index (χ2v) is 5.62. The van der Waals surface area contributed by atoms with Gasteiger partial charge in [-0.15, -0.1) is 0 Å². The molecular formula is C15H19N3O4. The van der Waals surface area contributed by atoms with Crippen LogP contribution >= 0.6 is 0 Å². The second kappa shape index (κ2) is 6.46. The van der Waals surface area contributed by atoms with Gasteiger partial charge in [0.05, 0.1) is 11.4 Å². The first-order valence-electron chi connectivity index (χ1n) is 7.08. The third-order valence-corrected chi connectivity index (χ3v) is 3.32. The van der Waals surface area contributed by atoms with Crippen LogP contribution in [-0.4, -0.2) is 35.6 Å². The van der Waals surface area contributed by atoms with Crippen molar-refractivity contribution < 1.29 is 19.5 Å². The van der Waals surface area contributed by atoms with Crippen molar-refractivity contribution in [2.24, 2.45) is 5.92 Å². The van der Waals surface area contributed by atoms with Crippen LogP contribution in [0.2, 0.25) is 0 Å². The quantitative estimate of drug-likeness (QED) is 0.787. The molecule has 1 aliphatic rings. The maximum absolute atomic E-state index is 12.4. The average molecular weight is 305 g/mol. The number of hydrogen-bond acceptors (Lipinski definition) is 3. The molecule has 0 bridgehead atoms. The largest absolute Gasteiger partial charge is 0.480 e. The van der Waals surface area contributed by atoms with Crippen LogP contribution in [0.4, 0.5) is 16.2 Å². The van der Waals surface area contributed by atoms with Crippen molar-refractivity contribution in [3.8, 4) is 0 Å². The number of benzene rings is 1. The zero-order valence-corrected chi connectivity index (χ0v) is 12.5. The lowest BCUT2D eigenvalue weighted by molar-refractivity contribution is -0.139. The number of urea groups is 1. The molecule has 7 heteroatoms. The van der Waals surface area contributed by atoms with Crippen LogP contribution in [0.3, 0.4) is 0 Å². The molecule has 3 amide bonds. The summed E-state index contributed by atoms with van der Waals surface area (Å²) in [6, 6.07) is 5.32. The molecule has 118 valence electrons. The summed E-state index contributed by atoms with van der Waals surface area (Å²) in [5, 5.41) is 14.4. The van der Waals surface area contributed by atoms with Gasteiger partial charge in [-0.3, -0.25) is 9.69 Å². The number of rotatable bonds is 4. The van der Waals surface area contributed by atoms with Crippen LogP contribution in [0, 0.1) is 5.92 Å². The minimum Gasteiger partial charge on any atom is -0.480 e. The van der Waals surface area contributed by atoms with Crippen molar-refractivity contribution in [2.45, 2.75) is 26.3 Å². The van der Waals surface area contributed by atoms with Gasteiger partial charge in [0, 0.05) is 0 Å². The molecule has 0 aliphatic carbocycles. The highest BCUT2D eigenvalue weighted by Gasteiger charge is 2.29. The van der Waals surface area contributed by atoms with E-state index in [-0.39, 0.29) is 18.4 Å². The van der Waals surface area contributed by atoms with Gasteiger partial charge < -0.3 is 15.7 Å². The number of carboxylic acid groups (broad SMARTS) is 1. The third-order valence-electron chi connectivity index (χ3n) is 3.32. The van der Waals surface area contributed by atoms with Crippen LogP contribution in [-0.2, 0) is 9.59 Å². The first-order chi connectivity index (χ1) is 10.4. The van der Waals surface area contributed by atoms with Gasteiger partial charge in [0.15, 0.2) is 0 Å². The van der Waals surface area contributed by atoms with E-state index in [1.54, 1.807) is 24.3 Å². The van der Waals surface area contributed by atoms with Crippen molar-refractivity contribution in [3.63, 3.8) is 0 Å². The fraction of sp³-hybridized carbons (Fsp3) is 0.400. The van der Waals surface area contributed by atoms with E-state index in [4.69, 9.17) is 0 Å². The molecule has 0 aromatic heterocycles. The van der Waals surface area contributed by atoms with Crippen LogP contribution in [0.5, 0.6) is 0 Å². The highest BCUT2D eigenvalue weighted by atomic mass is 16.4.